The van der Waals surface area contributed by atoms with E-state index in [2.05, 4.69) is 4.90 Å². The van der Waals surface area contributed by atoms with E-state index in [4.69, 9.17) is 0 Å². The Labute approximate surface area is 122 Å². The van der Waals surface area contributed by atoms with Crippen LogP contribution in [0.15, 0.2) is 42.5 Å². The summed E-state index contributed by atoms with van der Waals surface area (Å²) in [5.41, 5.74) is 2.59. The minimum Gasteiger partial charge on any atom is -0.388 e. The molecule has 0 radical (unpaired) electrons. The molecule has 0 saturated heterocycles. The molecule has 0 bridgehead atoms. The topological polar surface area (TPSA) is 23.5 Å². The van der Waals surface area contributed by atoms with Crippen molar-refractivity contribution in [3.63, 3.8) is 0 Å². The zero-order valence-corrected chi connectivity index (χ0v) is 11.6. The zero-order valence-electron chi connectivity index (χ0n) is 11.6. The second-order valence-corrected chi connectivity index (χ2v) is 5.39. The SMILES string of the molecule is OC1CCCN(Cc2ccc(F)c(F)c2)c2ccccc21. The highest BCUT2D eigenvalue weighted by Gasteiger charge is 2.21. The van der Waals surface area contributed by atoms with E-state index in [1.54, 1.807) is 6.07 Å². The molecule has 1 N–H and O–H groups in total. The van der Waals surface area contributed by atoms with E-state index in [1.807, 2.05) is 24.3 Å². The number of para-hydroxylation sites is 1. The summed E-state index contributed by atoms with van der Waals surface area (Å²) in [6.07, 6.45) is 1.11. The molecule has 0 aromatic heterocycles. The molecular formula is C17H17F2NO. The lowest BCUT2D eigenvalue weighted by Crippen LogP contribution is -2.23. The molecule has 2 nitrogen and oxygen atoms in total. The first-order chi connectivity index (χ1) is 10.1. The summed E-state index contributed by atoms with van der Waals surface area (Å²) in [7, 11) is 0. The van der Waals surface area contributed by atoms with E-state index in [9.17, 15) is 13.9 Å². The average molecular weight is 289 g/mol. The van der Waals surface area contributed by atoms with E-state index in [0.717, 1.165) is 35.8 Å². The minimum atomic E-state index is -0.828. The highest BCUT2D eigenvalue weighted by molar-refractivity contribution is 5.55. The van der Waals surface area contributed by atoms with Crippen molar-refractivity contribution in [1.29, 1.82) is 0 Å². The average Bonchev–Trinajstić information content (AvgIpc) is 2.64. The van der Waals surface area contributed by atoms with Crippen LogP contribution in [0.3, 0.4) is 0 Å². The van der Waals surface area contributed by atoms with Gasteiger partial charge in [0.25, 0.3) is 0 Å². The Kier molecular flexibility index (Phi) is 3.88. The first-order valence-corrected chi connectivity index (χ1v) is 7.11. The molecule has 1 heterocycles. The lowest BCUT2D eigenvalue weighted by molar-refractivity contribution is 0.168. The molecule has 4 heteroatoms. The molecule has 0 fully saturated rings. The van der Waals surface area contributed by atoms with Gasteiger partial charge in [-0.1, -0.05) is 24.3 Å². The maximum atomic E-state index is 13.3. The highest BCUT2D eigenvalue weighted by atomic mass is 19.2. The molecule has 1 atom stereocenters. The highest BCUT2D eigenvalue weighted by Crippen LogP contribution is 2.33. The van der Waals surface area contributed by atoms with Gasteiger partial charge in [0, 0.05) is 24.3 Å². The smallest absolute Gasteiger partial charge is 0.159 e. The van der Waals surface area contributed by atoms with Crippen molar-refractivity contribution in [3.05, 3.63) is 65.2 Å². The first-order valence-electron chi connectivity index (χ1n) is 7.11. The summed E-state index contributed by atoms with van der Waals surface area (Å²) in [5.74, 6) is -1.65. The standard InChI is InChI=1S/C17H17F2NO/c18-14-8-7-12(10-15(14)19)11-20-9-3-6-17(21)13-4-1-2-5-16(13)20/h1-2,4-5,7-8,10,17,21H,3,6,9,11H2. The first kappa shape index (κ1) is 14.0. The van der Waals surface area contributed by atoms with Gasteiger partial charge in [0.05, 0.1) is 6.10 Å². The summed E-state index contributed by atoms with van der Waals surface area (Å²) in [5, 5.41) is 10.2. The number of hydrogen-bond acceptors (Lipinski definition) is 2. The van der Waals surface area contributed by atoms with Crippen LogP contribution in [0.4, 0.5) is 14.5 Å². The maximum Gasteiger partial charge on any atom is 0.159 e. The van der Waals surface area contributed by atoms with Crippen molar-refractivity contribution in [3.8, 4) is 0 Å². The van der Waals surface area contributed by atoms with Crippen molar-refractivity contribution in [2.45, 2.75) is 25.5 Å². The van der Waals surface area contributed by atoms with Gasteiger partial charge in [-0.2, -0.15) is 0 Å². The molecule has 1 aliphatic heterocycles. The molecule has 1 unspecified atom stereocenters. The molecular weight excluding hydrogens is 272 g/mol. The number of anilines is 1. The second-order valence-electron chi connectivity index (χ2n) is 5.39. The quantitative estimate of drug-likeness (QED) is 0.909. The monoisotopic (exact) mass is 289 g/mol. The fourth-order valence-electron chi connectivity index (χ4n) is 2.83. The molecule has 0 saturated carbocycles. The van der Waals surface area contributed by atoms with E-state index in [-0.39, 0.29) is 0 Å². The summed E-state index contributed by atoms with van der Waals surface area (Å²) in [6, 6.07) is 11.7. The van der Waals surface area contributed by atoms with Gasteiger partial charge < -0.3 is 10.0 Å². The number of aliphatic hydroxyl groups is 1. The van der Waals surface area contributed by atoms with Gasteiger partial charge in [-0.25, -0.2) is 8.78 Å². The van der Waals surface area contributed by atoms with Crippen molar-refractivity contribution < 1.29 is 13.9 Å². The Bertz CT molecular complexity index is 644. The number of hydrogen-bond donors (Lipinski definition) is 1. The Morgan fingerprint density at radius 2 is 1.90 bits per heavy atom. The van der Waals surface area contributed by atoms with Gasteiger partial charge >= 0.3 is 0 Å². The zero-order chi connectivity index (χ0) is 14.8. The number of fused-ring (bicyclic) bond motifs is 1. The molecule has 3 rings (SSSR count). The molecule has 0 aliphatic carbocycles. The summed E-state index contributed by atoms with van der Waals surface area (Å²) >= 11 is 0. The summed E-state index contributed by atoms with van der Waals surface area (Å²) < 4.78 is 26.3. The van der Waals surface area contributed by atoms with E-state index >= 15 is 0 Å². The van der Waals surface area contributed by atoms with Crippen LogP contribution in [-0.2, 0) is 6.54 Å². The number of nitrogens with zero attached hydrogens (tertiary/aromatic N) is 1. The van der Waals surface area contributed by atoms with Crippen LogP contribution in [0, 0.1) is 11.6 Å². The van der Waals surface area contributed by atoms with Gasteiger partial charge in [-0.3, -0.25) is 0 Å². The molecule has 1 aliphatic rings. The second kappa shape index (κ2) is 5.82. The third-order valence-corrected chi connectivity index (χ3v) is 3.90. The molecule has 0 amide bonds. The largest absolute Gasteiger partial charge is 0.388 e. The van der Waals surface area contributed by atoms with Crippen LogP contribution in [-0.4, -0.2) is 11.7 Å². The third kappa shape index (κ3) is 2.90. The normalized spacial score (nSPS) is 18.2. The van der Waals surface area contributed by atoms with Crippen LogP contribution in [0.2, 0.25) is 0 Å². The van der Waals surface area contributed by atoms with Gasteiger partial charge in [0.15, 0.2) is 11.6 Å². The molecule has 2 aromatic carbocycles. The minimum absolute atomic E-state index is 0.462. The van der Waals surface area contributed by atoms with Gasteiger partial charge in [0.1, 0.15) is 0 Å². The molecule has 0 spiro atoms. The number of rotatable bonds is 2. The fraction of sp³-hybridized carbons (Fsp3) is 0.294. The number of halogens is 2. The summed E-state index contributed by atoms with van der Waals surface area (Å²) in [4.78, 5) is 2.11. The number of aliphatic hydroxyl groups excluding tert-OH is 1. The van der Waals surface area contributed by atoms with E-state index in [0.29, 0.717) is 13.0 Å². The van der Waals surface area contributed by atoms with Crippen LogP contribution in [0.25, 0.3) is 0 Å². The third-order valence-electron chi connectivity index (χ3n) is 3.90. The lowest BCUT2D eigenvalue weighted by atomic mass is 10.0. The maximum absolute atomic E-state index is 13.3. The van der Waals surface area contributed by atoms with Gasteiger partial charge in [-0.15, -0.1) is 0 Å². The fourth-order valence-corrected chi connectivity index (χ4v) is 2.83. The molecule has 2 aromatic rings. The van der Waals surface area contributed by atoms with Crippen molar-refractivity contribution in [2.75, 3.05) is 11.4 Å². The summed E-state index contributed by atoms with van der Waals surface area (Å²) in [6.45, 7) is 1.29. The van der Waals surface area contributed by atoms with Gasteiger partial charge in [0.2, 0.25) is 0 Å². The predicted molar refractivity (Wildman–Crippen MR) is 78.0 cm³/mol. The Morgan fingerprint density at radius 1 is 1.10 bits per heavy atom. The Morgan fingerprint density at radius 3 is 2.71 bits per heavy atom. The predicted octanol–water partition coefficient (Wildman–Crippen LogP) is 3.80. The molecule has 21 heavy (non-hydrogen) atoms. The van der Waals surface area contributed by atoms with Crippen LogP contribution in [0.5, 0.6) is 0 Å². The Balaban J connectivity index is 1.91. The van der Waals surface area contributed by atoms with Crippen molar-refractivity contribution >= 4 is 5.69 Å². The Hall–Kier alpha value is -1.94. The van der Waals surface area contributed by atoms with Crippen LogP contribution < -0.4 is 4.90 Å². The van der Waals surface area contributed by atoms with Crippen molar-refractivity contribution in [1.82, 2.24) is 0 Å². The van der Waals surface area contributed by atoms with E-state index < -0.39 is 17.7 Å². The van der Waals surface area contributed by atoms with Gasteiger partial charge in [-0.05, 0) is 36.6 Å². The molecule has 110 valence electrons. The van der Waals surface area contributed by atoms with Crippen molar-refractivity contribution in [2.24, 2.45) is 0 Å². The van der Waals surface area contributed by atoms with Crippen LogP contribution in [0.1, 0.15) is 30.1 Å². The van der Waals surface area contributed by atoms with E-state index in [1.165, 1.54) is 6.07 Å². The number of benzene rings is 2. The lowest BCUT2D eigenvalue weighted by Gasteiger charge is -2.25. The van der Waals surface area contributed by atoms with Crippen LogP contribution >= 0.6 is 0 Å².